The second kappa shape index (κ2) is 7.50. The van der Waals surface area contributed by atoms with E-state index in [1.165, 1.54) is 5.56 Å². The van der Waals surface area contributed by atoms with Crippen LogP contribution in [0.25, 0.3) is 10.7 Å². The van der Waals surface area contributed by atoms with Gasteiger partial charge in [0.1, 0.15) is 0 Å². The summed E-state index contributed by atoms with van der Waals surface area (Å²) < 4.78 is 5.36. The minimum absolute atomic E-state index is 0.110. The minimum Gasteiger partial charge on any atom is -0.396 e. The van der Waals surface area contributed by atoms with Crippen LogP contribution in [0.1, 0.15) is 23.9 Å². The fraction of sp³-hybridized carbons (Fsp3) is 0.294. The van der Waals surface area contributed by atoms with Gasteiger partial charge in [-0.15, -0.1) is 11.3 Å². The summed E-state index contributed by atoms with van der Waals surface area (Å²) in [5, 5.41) is 15.4. The standard InChI is InChI=1S/C17H19N3O2S/c1-20(14(9-10-21)13-6-3-2-4-7-13)12-16-18-17(19-22-16)15-8-5-11-23-15/h2-8,11,14,21H,9-10,12H2,1H3. The normalized spacial score (nSPS) is 12.7. The first kappa shape index (κ1) is 15.9. The summed E-state index contributed by atoms with van der Waals surface area (Å²) in [4.78, 5) is 7.58. The highest BCUT2D eigenvalue weighted by molar-refractivity contribution is 7.13. The molecular weight excluding hydrogens is 310 g/mol. The maximum Gasteiger partial charge on any atom is 0.241 e. The van der Waals surface area contributed by atoms with Gasteiger partial charge < -0.3 is 9.63 Å². The van der Waals surface area contributed by atoms with Gasteiger partial charge in [0.15, 0.2) is 0 Å². The fourth-order valence-corrected chi connectivity index (χ4v) is 3.24. The van der Waals surface area contributed by atoms with Crippen LogP contribution in [0.4, 0.5) is 0 Å². The maximum absolute atomic E-state index is 9.37. The summed E-state index contributed by atoms with van der Waals surface area (Å²) in [6.07, 6.45) is 0.659. The Kier molecular flexibility index (Phi) is 5.17. The van der Waals surface area contributed by atoms with Crippen molar-refractivity contribution in [3.05, 3.63) is 59.3 Å². The molecule has 0 aliphatic rings. The molecule has 0 bridgehead atoms. The number of hydrogen-bond acceptors (Lipinski definition) is 6. The number of rotatable bonds is 7. The number of thiophene rings is 1. The van der Waals surface area contributed by atoms with Gasteiger partial charge in [0, 0.05) is 12.6 Å². The van der Waals surface area contributed by atoms with E-state index in [1.54, 1.807) is 11.3 Å². The molecule has 3 aromatic rings. The zero-order valence-corrected chi connectivity index (χ0v) is 13.7. The summed E-state index contributed by atoms with van der Waals surface area (Å²) >= 11 is 1.59. The van der Waals surface area contributed by atoms with E-state index in [0.29, 0.717) is 24.7 Å². The Balaban J connectivity index is 1.73. The number of benzene rings is 1. The molecule has 1 aromatic carbocycles. The summed E-state index contributed by atoms with van der Waals surface area (Å²) in [5.74, 6) is 1.21. The third-order valence-corrected chi connectivity index (χ3v) is 4.58. The fourth-order valence-electron chi connectivity index (χ4n) is 2.59. The highest BCUT2D eigenvalue weighted by Crippen LogP contribution is 2.25. The highest BCUT2D eigenvalue weighted by atomic mass is 32.1. The van der Waals surface area contributed by atoms with E-state index >= 15 is 0 Å². The van der Waals surface area contributed by atoms with Gasteiger partial charge >= 0.3 is 0 Å². The van der Waals surface area contributed by atoms with Gasteiger partial charge in [0.05, 0.1) is 11.4 Å². The van der Waals surface area contributed by atoms with Crippen LogP contribution < -0.4 is 0 Å². The molecule has 0 spiro atoms. The predicted molar refractivity (Wildman–Crippen MR) is 90.0 cm³/mol. The largest absolute Gasteiger partial charge is 0.396 e. The first-order valence-electron chi connectivity index (χ1n) is 7.50. The monoisotopic (exact) mass is 329 g/mol. The molecule has 2 aromatic heterocycles. The molecule has 1 N–H and O–H groups in total. The Morgan fingerprint density at radius 1 is 1.22 bits per heavy atom. The number of aromatic nitrogens is 2. The van der Waals surface area contributed by atoms with E-state index in [0.717, 1.165) is 4.88 Å². The summed E-state index contributed by atoms with van der Waals surface area (Å²) in [6, 6.07) is 14.2. The zero-order chi connectivity index (χ0) is 16.1. The van der Waals surface area contributed by atoms with E-state index in [-0.39, 0.29) is 12.6 Å². The Labute approximate surface area is 139 Å². The summed E-state index contributed by atoms with van der Waals surface area (Å²) in [5.41, 5.74) is 1.17. The average molecular weight is 329 g/mol. The van der Waals surface area contributed by atoms with Crippen molar-refractivity contribution in [3.63, 3.8) is 0 Å². The number of aliphatic hydroxyl groups excluding tert-OH is 1. The van der Waals surface area contributed by atoms with E-state index in [4.69, 9.17) is 4.52 Å². The first-order chi connectivity index (χ1) is 11.3. The van der Waals surface area contributed by atoms with Crippen LogP contribution in [0.3, 0.4) is 0 Å². The van der Waals surface area contributed by atoms with Gasteiger partial charge in [0.25, 0.3) is 0 Å². The number of nitrogens with zero attached hydrogens (tertiary/aromatic N) is 3. The minimum atomic E-state index is 0.110. The van der Waals surface area contributed by atoms with Crippen LogP contribution in [-0.2, 0) is 6.54 Å². The van der Waals surface area contributed by atoms with E-state index in [2.05, 4.69) is 27.2 Å². The van der Waals surface area contributed by atoms with Gasteiger partial charge in [-0.3, -0.25) is 4.90 Å². The Morgan fingerprint density at radius 3 is 2.74 bits per heavy atom. The van der Waals surface area contributed by atoms with Gasteiger partial charge in [-0.05, 0) is 30.5 Å². The Hall–Kier alpha value is -2.02. The van der Waals surface area contributed by atoms with Gasteiger partial charge in [-0.2, -0.15) is 4.98 Å². The lowest BCUT2D eigenvalue weighted by atomic mass is 10.0. The molecule has 0 saturated carbocycles. The molecule has 0 saturated heterocycles. The Bertz CT molecular complexity index is 713. The molecule has 0 aliphatic heterocycles. The first-order valence-corrected chi connectivity index (χ1v) is 8.38. The number of aliphatic hydroxyl groups is 1. The lowest BCUT2D eigenvalue weighted by Gasteiger charge is -2.26. The molecule has 6 heteroatoms. The van der Waals surface area contributed by atoms with Crippen LogP contribution in [0.5, 0.6) is 0 Å². The van der Waals surface area contributed by atoms with E-state index in [9.17, 15) is 5.11 Å². The van der Waals surface area contributed by atoms with Crippen molar-refractivity contribution in [1.82, 2.24) is 15.0 Å². The zero-order valence-electron chi connectivity index (χ0n) is 12.9. The van der Waals surface area contributed by atoms with Crippen LogP contribution in [-0.4, -0.2) is 33.8 Å². The van der Waals surface area contributed by atoms with Crippen LogP contribution in [0.2, 0.25) is 0 Å². The van der Waals surface area contributed by atoms with Crippen LogP contribution in [0, 0.1) is 0 Å². The SMILES string of the molecule is CN(Cc1nc(-c2cccs2)no1)C(CCO)c1ccccc1. The van der Waals surface area contributed by atoms with Crippen LogP contribution >= 0.6 is 11.3 Å². The Morgan fingerprint density at radius 2 is 2.04 bits per heavy atom. The van der Waals surface area contributed by atoms with Crippen molar-refractivity contribution >= 4 is 11.3 Å². The van der Waals surface area contributed by atoms with Gasteiger partial charge in [-0.1, -0.05) is 41.6 Å². The van der Waals surface area contributed by atoms with Gasteiger partial charge in [0.2, 0.25) is 11.7 Å². The van der Waals surface area contributed by atoms with Crippen molar-refractivity contribution < 1.29 is 9.63 Å². The van der Waals surface area contributed by atoms with Crippen molar-refractivity contribution in [2.24, 2.45) is 0 Å². The summed E-state index contributed by atoms with van der Waals surface area (Å²) in [6.45, 7) is 0.673. The second-order valence-corrected chi connectivity index (χ2v) is 6.29. The number of hydrogen-bond donors (Lipinski definition) is 1. The second-order valence-electron chi connectivity index (χ2n) is 5.34. The van der Waals surface area contributed by atoms with Crippen LogP contribution in [0.15, 0.2) is 52.4 Å². The molecule has 5 nitrogen and oxygen atoms in total. The molecule has 0 aliphatic carbocycles. The van der Waals surface area contributed by atoms with Crippen molar-refractivity contribution in [2.45, 2.75) is 19.0 Å². The molecule has 2 heterocycles. The molecule has 1 unspecified atom stereocenters. The molecule has 1 atom stereocenters. The van der Waals surface area contributed by atoms with Gasteiger partial charge in [-0.25, -0.2) is 0 Å². The molecular formula is C17H19N3O2S. The lowest BCUT2D eigenvalue weighted by molar-refractivity contribution is 0.164. The molecule has 0 fully saturated rings. The highest BCUT2D eigenvalue weighted by Gasteiger charge is 2.19. The smallest absolute Gasteiger partial charge is 0.241 e. The van der Waals surface area contributed by atoms with Crippen molar-refractivity contribution in [3.8, 4) is 10.7 Å². The lowest BCUT2D eigenvalue weighted by Crippen LogP contribution is -2.25. The molecule has 23 heavy (non-hydrogen) atoms. The third kappa shape index (κ3) is 3.85. The third-order valence-electron chi connectivity index (χ3n) is 3.71. The topological polar surface area (TPSA) is 62.4 Å². The van der Waals surface area contributed by atoms with E-state index in [1.807, 2.05) is 42.8 Å². The molecule has 120 valence electrons. The van der Waals surface area contributed by atoms with Crippen molar-refractivity contribution in [2.75, 3.05) is 13.7 Å². The quantitative estimate of drug-likeness (QED) is 0.720. The average Bonchev–Trinajstić information content (AvgIpc) is 3.24. The maximum atomic E-state index is 9.37. The predicted octanol–water partition coefficient (Wildman–Crippen LogP) is 3.35. The summed E-state index contributed by atoms with van der Waals surface area (Å²) in [7, 11) is 2.00. The molecule has 0 radical (unpaired) electrons. The van der Waals surface area contributed by atoms with E-state index < -0.39 is 0 Å². The molecule has 0 amide bonds. The molecule has 3 rings (SSSR count). The van der Waals surface area contributed by atoms with Crippen molar-refractivity contribution in [1.29, 1.82) is 0 Å².